The molecule has 2 aliphatic heterocycles. The molecule has 2 aliphatic rings. The summed E-state index contributed by atoms with van der Waals surface area (Å²) in [6.45, 7) is 0.219. The molecule has 2 aromatic carbocycles. The van der Waals surface area contributed by atoms with Crippen LogP contribution in [0.5, 0.6) is 17.2 Å². The molecular weight excluding hydrogens is 466 g/mol. The molecule has 0 aliphatic carbocycles. The second kappa shape index (κ2) is 8.81. The van der Waals surface area contributed by atoms with E-state index in [1.54, 1.807) is 0 Å². The average molecular weight is 484 g/mol. The summed E-state index contributed by atoms with van der Waals surface area (Å²) in [7, 11) is -3.84. The van der Waals surface area contributed by atoms with Gasteiger partial charge in [-0.2, -0.15) is 4.31 Å². The minimum atomic E-state index is -3.84. The molecule has 0 bridgehead atoms. The fourth-order valence-electron chi connectivity index (χ4n) is 3.34. The van der Waals surface area contributed by atoms with Gasteiger partial charge in [0, 0.05) is 31.3 Å². The van der Waals surface area contributed by atoms with Crippen molar-refractivity contribution in [1.82, 2.24) is 4.31 Å². The first kappa shape index (κ1) is 22.1. The van der Waals surface area contributed by atoms with Crippen molar-refractivity contribution in [2.45, 2.75) is 17.7 Å². The van der Waals surface area contributed by atoms with Gasteiger partial charge in [-0.05, 0) is 25.0 Å². The quantitative estimate of drug-likeness (QED) is 0.468. The van der Waals surface area contributed by atoms with E-state index < -0.39 is 33.1 Å². The van der Waals surface area contributed by atoms with Gasteiger partial charge in [0.25, 0.3) is 5.91 Å². The van der Waals surface area contributed by atoms with Crippen LogP contribution in [0.1, 0.15) is 12.8 Å². The fraction of sp³-hybridized carbons (Fsp3) is 0.316. The number of nitro groups is 1. The van der Waals surface area contributed by atoms with Crippen LogP contribution in [0.4, 0.5) is 11.4 Å². The molecule has 4 rings (SSSR count). The van der Waals surface area contributed by atoms with Crippen LogP contribution in [0.3, 0.4) is 0 Å². The van der Waals surface area contributed by atoms with Crippen molar-refractivity contribution in [2.24, 2.45) is 0 Å². The number of hydrogen-bond acceptors (Lipinski definition) is 8. The molecule has 11 nitrogen and oxygen atoms in total. The van der Waals surface area contributed by atoms with Gasteiger partial charge in [-0.15, -0.1) is 0 Å². The van der Waals surface area contributed by atoms with Crippen LogP contribution in [0.15, 0.2) is 35.2 Å². The molecule has 0 atom stereocenters. The number of ether oxygens (including phenoxy) is 3. The topological polar surface area (TPSA) is 137 Å². The minimum Gasteiger partial charge on any atom is -0.477 e. The molecule has 0 radical (unpaired) electrons. The van der Waals surface area contributed by atoms with Gasteiger partial charge in [0.2, 0.25) is 16.8 Å². The highest BCUT2D eigenvalue weighted by atomic mass is 35.5. The number of hydrogen-bond donors (Lipinski definition) is 1. The van der Waals surface area contributed by atoms with Gasteiger partial charge < -0.3 is 19.5 Å². The third-order valence-corrected chi connectivity index (χ3v) is 7.13. The first-order chi connectivity index (χ1) is 15.3. The molecule has 1 N–H and O–H groups in total. The van der Waals surface area contributed by atoms with E-state index in [2.05, 4.69) is 5.32 Å². The Bertz CT molecular complexity index is 1180. The summed E-state index contributed by atoms with van der Waals surface area (Å²) in [5.74, 6) is -0.00367. The number of nitro benzene ring substituents is 1. The second-order valence-corrected chi connectivity index (χ2v) is 9.37. The molecule has 0 aromatic heterocycles. The van der Waals surface area contributed by atoms with Gasteiger partial charge in [-0.1, -0.05) is 11.6 Å². The number of rotatable bonds is 7. The van der Waals surface area contributed by atoms with E-state index in [1.807, 2.05) is 0 Å². The molecule has 2 aromatic rings. The fourth-order valence-corrected chi connectivity index (χ4v) is 5.08. The number of fused-ring (bicyclic) bond motifs is 1. The standard InChI is InChI=1S/C19H18ClN3O8S/c20-13-8-17-18(31-11-30-17)9-14(13)21-19(24)10-29-16-4-3-12(7-15(16)23(25)26)32(27,28)22-5-1-2-6-22/h3-4,7-9H,1-2,5-6,10-11H2,(H,21,24). The van der Waals surface area contributed by atoms with Crippen molar-refractivity contribution >= 4 is 38.9 Å². The van der Waals surface area contributed by atoms with Gasteiger partial charge in [-0.25, -0.2) is 8.42 Å². The lowest BCUT2D eigenvalue weighted by atomic mass is 10.2. The molecule has 32 heavy (non-hydrogen) atoms. The maximum Gasteiger partial charge on any atom is 0.312 e. The SMILES string of the molecule is O=C(COc1ccc(S(=O)(=O)N2CCCC2)cc1[N+](=O)[O-])Nc1cc2c(cc1Cl)OCO2. The predicted octanol–water partition coefficient (Wildman–Crippen LogP) is 2.78. The molecule has 170 valence electrons. The normalized spacial score (nSPS) is 15.5. The zero-order chi connectivity index (χ0) is 22.9. The Morgan fingerprint density at radius 1 is 1.19 bits per heavy atom. The first-order valence-corrected chi connectivity index (χ1v) is 11.4. The molecule has 1 fully saturated rings. The van der Waals surface area contributed by atoms with E-state index in [1.165, 1.54) is 28.6 Å². The molecule has 1 saturated heterocycles. The Balaban J connectivity index is 1.47. The van der Waals surface area contributed by atoms with Crippen LogP contribution in [0.2, 0.25) is 5.02 Å². The van der Waals surface area contributed by atoms with Crippen molar-refractivity contribution in [1.29, 1.82) is 0 Å². The zero-order valence-corrected chi connectivity index (χ0v) is 18.1. The van der Waals surface area contributed by atoms with Crippen molar-refractivity contribution in [3.63, 3.8) is 0 Å². The number of anilines is 1. The highest BCUT2D eigenvalue weighted by Gasteiger charge is 2.30. The summed E-state index contributed by atoms with van der Waals surface area (Å²) < 4.78 is 42.3. The lowest BCUT2D eigenvalue weighted by Crippen LogP contribution is -2.28. The maximum absolute atomic E-state index is 12.7. The van der Waals surface area contributed by atoms with E-state index in [-0.39, 0.29) is 28.1 Å². The summed E-state index contributed by atoms with van der Waals surface area (Å²) in [6, 6.07) is 6.31. The Labute approximate surface area is 188 Å². The van der Waals surface area contributed by atoms with Gasteiger partial charge in [0.1, 0.15) is 0 Å². The monoisotopic (exact) mass is 483 g/mol. The molecule has 0 saturated carbocycles. The van der Waals surface area contributed by atoms with Crippen molar-refractivity contribution in [3.05, 3.63) is 45.5 Å². The first-order valence-electron chi connectivity index (χ1n) is 9.56. The number of nitrogens with one attached hydrogen (secondary N) is 1. The van der Waals surface area contributed by atoms with E-state index in [9.17, 15) is 23.3 Å². The third-order valence-electron chi connectivity index (χ3n) is 4.93. The van der Waals surface area contributed by atoms with Crippen molar-refractivity contribution in [2.75, 3.05) is 31.8 Å². The van der Waals surface area contributed by atoms with E-state index in [4.69, 9.17) is 25.8 Å². The van der Waals surface area contributed by atoms with Gasteiger partial charge >= 0.3 is 5.69 Å². The zero-order valence-electron chi connectivity index (χ0n) is 16.6. The summed E-state index contributed by atoms with van der Waals surface area (Å²) >= 11 is 6.11. The van der Waals surface area contributed by atoms with Crippen LogP contribution in [0, 0.1) is 10.1 Å². The average Bonchev–Trinajstić information content (AvgIpc) is 3.44. The smallest absolute Gasteiger partial charge is 0.312 e. The number of halogens is 1. The van der Waals surface area contributed by atoms with Crippen LogP contribution in [-0.2, 0) is 14.8 Å². The number of carbonyl (C=O) groups is 1. The van der Waals surface area contributed by atoms with Crippen molar-refractivity contribution in [3.8, 4) is 17.2 Å². The summed E-state index contributed by atoms with van der Waals surface area (Å²) in [5.41, 5.74) is -0.301. The Hall–Kier alpha value is -3.09. The van der Waals surface area contributed by atoms with Gasteiger partial charge in [0.05, 0.1) is 20.5 Å². The maximum atomic E-state index is 12.7. The van der Waals surface area contributed by atoms with Crippen LogP contribution < -0.4 is 19.5 Å². The van der Waals surface area contributed by atoms with Crippen molar-refractivity contribution < 1.29 is 32.3 Å². The Kier molecular flexibility index (Phi) is 6.09. The Morgan fingerprint density at radius 2 is 1.88 bits per heavy atom. The number of sulfonamides is 1. The summed E-state index contributed by atoms with van der Waals surface area (Å²) in [4.78, 5) is 22.8. The lowest BCUT2D eigenvalue weighted by molar-refractivity contribution is -0.386. The number of carbonyl (C=O) groups excluding carboxylic acids is 1. The van der Waals surface area contributed by atoms with E-state index >= 15 is 0 Å². The van der Waals surface area contributed by atoms with E-state index in [0.717, 1.165) is 18.9 Å². The summed E-state index contributed by atoms with van der Waals surface area (Å²) in [5, 5.41) is 14.2. The second-order valence-electron chi connectivity index (χ2n) is 7.02. The lowest BCUT2D eigenvalue weighted by Gasteiger charge is -2.16. The number of amides is 1. The number of nitrogens with zero attached hydrogens (tertiary/aromatic N) is 2. The molecule has 2 heterocycles. The third kappa shape index (κ3) is 4.42. The van der Waals surface area contributed by atoms with Gasteiger partial charge in [0.15, 0.2) is 23.9 Å². The number of benzene rings is 2. The molecule has 13 heteroatoms. The van der Waals surface area contributed by atoms with Gasteiger partial charge in [-0.3, -0.25) is 14.9 Å². The highest BCUT2D eigenvalue weighted by Crippen LogP contribution is 2.39. The van der Waals surface area contributed by atoms with Crippen LogP contribution in [-0.4, -0.2) is 50.0 Å². The molecule has 0 spiro atoms. The molecule has 1 amide bonds. The minimum absolute atomic E-state index is 0.0410. The predicted molar refractivity (Wildman–Crippen MR) is 113 cm³/mol. The molecule has 0 unspecified atom stereocenters. The van der Waals surface area contributed by atoms with E-state index in [0.29, 0.717) is 24.6 Å². The van der Waals surface area contributed by atoms with Crippen LogP contribution in [0.25, 0.3) is 0 Å². The highest BCUT2D eigenvalue weighted by molar-refractivity contribution is 7.89. The molecular formula is C19H18ClN3O8S. The van der Waals surface area contributed by atoms with Crippen LogP contribution >= 0.6 is 11.6 Å². The summed E-state index contributed by atoms with van der Waals surface area (Å²) in [6.07, 6.45) is 1.48. The Morgan fingerprint density at radius 3 is 2.56 bits per heavy atom. The largest absolute Gasteiger partial charge is 0.477 e.